The fourth-order valence-electron chi connectivity index (χ4n) is 3.75. The van der Waals surface area contributed by atoms with Gasteiger partial charge >= 0.3 is 5.69 Å². The highest BCUT2D eigenvalue weighted by Crippen LogP contribution is 2.15. The minimum atomic E-state index is -1.000. The Morgan fingerprint density at radius 1 is 0.906 bits per heavy atom. The molecule has 162 valence electrons. The van der Waals surface area contributed by atoms with Crippen molar-refractivity contribution in [2.45, 2.75) is 19.0 Å². The van der Waals surface area contributed by atoms with E-state index in [1.165, 1.54) is 4.57 Å². The van der Waals surface area contributed by atoms with Gasteiger partial charge in [-0.25, -0.2) is 9.36 Å². The lowest BCUT2D eigenvalue weighted by atomic mass is 10.0. The van der Waals surface area contributed by atoms with Crippen molar-refractivity contribution in [2.75, 3.05) is 0 Å². The number of aromatic nitrogens is 2. The van der Waals surface area contributed by atoms with E-state index in [2.05, 4.69) is 5.32 Å². The molecule has 0 aliphatic rings. The molecule has 0 bridgehead atoms. The van der Waals surface area contributed by atoms with Crippen molar-refractivity contribution in [1.82, 2.24) is 14.5 Å². The first-order valence-corrected chi connectivity index (χ1v) is 10.6. The minimum absolute atomic E-state index is 0.209. The fourth-order valence-corrected chi connectivity index (χ4v) is 3.88. The van der Waals surface area contributed by atoms with Gasteiger partial charge in [0, 0.05) is 25.0 Å². The monoisotopic (exact) mass is 447 g/mol. The number of nitrogens with one attached hydrogen (secondary N) is 1. The van der Waals surface area contributed by atoms with E-state index in [4.69, 9.17) is 11.6 Å². The number of amides is 1. The zero-order valence-electron chi connectivity index (χ0n) is 17.5. The first-order chi connectivity index (χ1) is 15.5. The summed E-state index contributed by atoms with van der Waals surface area (Å²) in [4.78, 5) is 39.8. The number of fused-ring (bicyclic) bond motifs is 1. The SMILES string of the molecule is Cn1c(=O)n(C(Cc2ccccc2)C(=O)NCc2ccc(Cl)cc2)c(=O)c2ccccc21. The Bertz CT molecular complexity index is 1380. The molecule has 0 aliphatic heterocycles. The van der Waals surface area contributed by atoms with E-state index < -0.39 is 23.2 Å². The Morgan fingerprint density at radius 2 is 1.56 bits per heavy atom. The van der Waals surface area contributed by atoms with Crippen LogP contribution in [-0.2, 0) is 24.8 Å². The summed E-state index contributed by atoms with van der Waals surface area (Å²) in [6.07, 6.45) is 0.209. The van der Waals surface area contributed by atoms with Crippen molar-refractivity contribution in [1.29, 1.82) is 0 Å². The molecular weight excluding hydrogens is 426 g/mol. The Kier molecular flexibility index (Phi) is 6.23. The highest BCUT2D eigenvalue weighted by Gasteiger charge is 2.26. The van der Waals surface area contributed by atoms with Gasteiger partial charge in [0.1, 0.15) is 6.04 Å². The number of benzene rings is 3. The van der Waals surface area contributed by atoms with Crippen molar-refractivity contribution < 1.29 is 4.79 Å². The molecule has 1 N–H and O–H groups in total. The molecule has 6 nitrogen and oxygen atoms in total. The summed E-state index contributed by atoms with van der Waals surface area (Å²) in [5, 5.41) is 3.86. The highest BCUT2D eigenvalue weighted by atomic mass is 35.5. The van der Waals surface area contributed by atoms with Crippen molar-refractivity contribution in [2.24, 2.45) is 7.05 Å². The van der Waals surface area contributed by atoms with Gasteiger partial charge in [-0.1, -0.05) is 66.2 Å². The Balaban J connectivity index is 1.76. The van der Waals surface area contributed by atoms with E-state index in [1.54, 1.807) is 43.4 Å². The molecule has 7 heteroatoms. The molecule has 1 aromatic heterocycles. The number of hydrogen-bond acceptors (Lipinski definition) is 3. The second kappa shape index (κ2) is 9.24. The molecule has 0 fully saturated rings. The number of hydrogen-bond donors (Lipinski definition) is 1. The third-order valence-electron chi connectivity index (χ3n) is 5.47. The number of aryl methyl sites for hydroxylation is 1. The normalized spacial score (nSPS) is 11.9. The lowest BCUT2D eigenvalue weighted by molar-refractivity contribution is -0.124. The van der Waals surface area contributed by atoms with Crippen LogP contribution in [0.4, 0.5) is 0 Å². The summed E-state index contributed by atoms with van der Waals surface area (Å²) in [5.41, 5.74) is 1.22. The number of para-hydroxylation sites is 1. The highest BCUT2D eigenvalue weighted by molar-refractivity contribution is 6.30. The average molecular weight is 448 g/mol. The van der Waals surface area contributed by atoms with Crippen LogP contribution >= 0.6 is 11.6 Å². The minimum Gasteiger partial charge on any atom is -0.350 e. The van der Waals surface area contributed by atoms with Crippen LogP contribution in [0.3, 0.4) is 0 Å². The van der Waals surface area contributed by atoms with Crippen LogP contribution in [-0.4, -0.2) is 15.0 Å². The summed E-state index contributed by atoms with van der Waals surface area (Å²) in [5.74, 6) is -0.404. The molecule has 1 atom stereocenters. The molecule has 1 heterocycles. The molecule has 4 aromatic rings. The van der Waals surface area contributed by atoms with Crippen LogP contribution in [0.5, 0.6) is 0 Å². The van der Waals surface area contributed by atoms with E-state index >= 15 is 0 Å². The predicted octanol–water partition coefficient (Wildman–Crippen LogP) is 3.45. The van der Waals surface area contributed by atoms with Gasteiger partial charge in [0.15, 0.2) is 0 Å². The smallest absolute Gasteiger partial charge is 0.331 e. The van der Waals surface area contributed by atoms with Crippen molar-refractivity contribution in [3.05, 3.63) is 116 Å². The van der Waals surface area contributed by atoms with E-state index in [0.717, 1.165) is 15.7 Å². The number of rotatable bonds is 6. The van der Waals surface area contributed by atoms with E-state index in [1.807, 2.05) is 42.5 Å². The topological polar surface area (TPSA) is 73.1 Å². The van der Waals surface area contributed by atoms with E-state index in [9.17, 15) is 14.4 Å². The Morgan fingerprint density at radius 3 is 2.28 bits per heavy atom. The molecule has 1 unspecified atom stereocenters. The number of nitrogens with zero attached hydrogens (tertiary/aromatic N) is 2. The summed E-state index contributed by atoms with van der Waals surface area (Å²) in [6.45, 7) is 0.254. The molecule has 32 heavy (non-hydrogen) atoms. The zero-order chi connectivity index (χ0) is 22.7. The second-order valence-corrected chi connectivity index (χ2v) is 8.02. The summed E-state index contributed by atoms with van der Waals surface area (Å²) in [6, 6.07) is 22.4. The third kappa shape index (κ3) is 4.36. The molecular formula is C25H22ClN3O3. The van der Waals surface area contributed by atoms with Crippen LogP contribution in [0.2, 0.25) is 5.02 Å². The van der Waals surface area contributed by atoms with Crippen LogP contribution in [0, 0.1) is 0 Å². The third-order valence-corrected chi connectivity index (χ3v) is 5.73. The molecule has 4 rings (SSSR count). The molecule has 1 amide bonds. The molecule has 0 saturated carbocycles. The van der Waals surface area contributed by atoms with Crippen molar-refractivity contribution >= 4 is 28.4 Å². The summed E-state index contributed by atoms with van der Waals surface area (Å²) < 4.78 is 2.47. The lowest BCUT2D eigenvalue weighted by Gasteiger charge is -2.21. The van der Waals surface area contributed by atoms with Crippen molar-refractivity contribution in [3.8, 4) is 0 Å². The van der Waals surface area contributed by atoms with Gasteiger partial charge < -0.3 is 5.32 Å². The van der Waals surface area contributed by atoms with E-state index in [-0.39, 0.29) is 13.0 Å². The van der Waals surface area contributed by atoms with Gasteiger partial charge in [0.25, 0.3) is 5.56 Å². The van der Waals surface area contributed by atoms with E-state index in [0.29, 0.717) is 15.9 Å². The standard InChI is InChI=1S/C25H22ClN3O3/c1-28-21-10-6-5-9-20(21)24(31)29(25(28)32)22(15-17-7-3-2-4-8-17)23(30)27-16-18-11-13-19(26)14-12-18/h2-14,22H,15-16H2,1H3,(H,27,30). The number of halogens is 1. The number of carbonyl (C=O) groups is 1. The maximum Gasteiger partial charge on any atom is 0.331 e. The van der Waals surface area contributed by atoms with Gasteiger partial charge in [0.2, 0.25) is 5.91 Å². The lowest BCUT2D eigenvalue weighted by Crippen LogP contribution is -2.47. The Labute approximate surface area is 189 Å². The molecule has 0 saturated heterocycles. The van der Waals surface area contributed by atoms with Crippen LogP contribution in [0.25, 0.3) is 10.9 Å². The van der Waals surface area contributed by atoms with Gasteiger partial charge in [0.05, 0.1) is 10.9 Å². The maximum atomic E-state index is 13.3. The summed E-state index contributed by atoms with van der Waals surface area (Å²) in [7, 11) is 1.60. The molecule has 0 aliphatic carbocycles. The second-order valence-electron chi connectivity index (χ2n) is 7.58. The average Bonchev–Trinajstić information content (AvgIpc) is 2.82. The van der Waals surface area contributed by atoms with Crippen LogP contribution in [0.1, 0.15) is 17.2 Å². The summed E-state index contributed by atoms with van der Waals surface area (Å²) >= 11 is 5.93. The fraction of sp³-hybridized carbons (Fsp3) is 0.160. The largest absolute Gasteiger partial charge is 0.350 e. The maximum absolute atomic E-state index is 13.3. The first-order valence-electron chi connectivity index (χ1n) is 10.2. The zero-order valence-corrected chi connectivity index (χ0v) is 18.3. The van der Waals surface area contributed by atoms with Crippen LogP contribution < -0.4 is 16.6 Å². The van der Waals surface area contributed by atoms with Gasteiger partial charge in [-0.15, -0.1) is 0 Å². The first kappa shape index (κ1) is 21.6. The van der Waals surface area contributed by atoms with Gasteiger partial charge in [-0.05, 0) is 35.4 Å². The van der Waals surface area contributed by atoms with Crippen molar-refractivity contribution in [3.63, 3.8) is 0 Å². The molecule has 3 aromatic carbocycles. The van der Waals surface area contributed by atoms with Crippen LogP contribution in [0.15, 0.2) is 88.5 Å². The predicted molar refractivity (Wildman–Crippen MR) is 126 cm³/mol. The Hall–Kier alpha value is -3.64. The quantitative estimate of drug-likeness (QED) is 0.492. The van der Waals surface area contributed by atoms with Gasteiger partial charge in [-0.3, -0.25) is 14.2 Å². The molecule has 0 radical (unpaired) electrons. The number of carbonyl (C=O) groups excluding carboxylic acids is 1. The van der Waals surface area contributed by atoms with Gasteiger partial charge in [-0.2, -0.15) is 0 Å². The molecule has 0 spiro atoms.